The maximum absolute atomic E-state index is 12.0. The largest absolute Gasteiger partial charge is 0.325 e. The molecule has 80 valence electrons. The molecule has 1 N–H and O–H groups in total. The van der Waals surface area contributed by atoms with Crippen molar-refractivity contribution in [1.29, 1.82) is 0 Å². The summed E-state index contributed by atoms with van der Waals surface area (Å²) in [5, 5.41) is 3.30. The van der Waals surface area contributed by atoms with Gasteiger partial charge in [-0.05, 0) is 19.8 Å². The Morgan fingerprint density at radius 3 is 2.64 bits per heavy atom. The highest BCUT2D eigenvalue weighted by molar-refractivity contribution is 5.75. The summed E-state index contributed by atoms with van der Waals surface area (Å²) >= 11 is 0. The number of hydrogen-bond donors (Lipinski definition) is 1. The molecule has 1 unspecified atom stereocenters. The molecule has 2 aliphatic heterocycles. The highest BCUT2D eigenvalue weighted by atomic mass is 16.2. The van der Waals surface area contributed by atoms with E-state index in [2.05, 4.69) is 12.2 Å². The minimum Gasteiger partial charge on any atom is -0.325 e. The fourth-order valence-corrected chi connectivity index (χ4v) is 2.22. The van der Waals surface area contributed by atoms with E-state index in [0.717, 1.165) is 32.7 Å². The predicted octanol–water partition coefficient (Wildman–Crippen LogP) is 0.496. The van der Waals surface area contributed by atoms with Crippen LogP contribution in [0.5, 0.6) is 0 Å². The fourth-order valence-electron chi connectivity index (χ4n) is 2.22. The first kappa shape index (κ1) is 9.77. The summed E-state index contributed by atoms with van der Waals surface area (Å²) in [5.41, 5.74) is 0. The number of amides is 2. The van der Waals surface area contributed by atoms with Gasteiger partial charge in [0.15, 0.2) is 0 Å². The lowest BCUT2D eigenvalue weighted by Crippen LogP contribution is -2.55. The van der Waals surface area contributed by atoms with Gasteiger partial charge in [0.1, 0.15) is 0 Å². The number of carbonyl (C=O) groups is 1. The number of urea groups is 1. The Morgan fingerprint density at radius 2 is 2.00 bits per heavy atom. The summed E-state index contributed by atoms with van der Waals surface area (Å²) < 4.78 is 0. The Balaban J connectivity index is 1.94. The van der Waals surface area contributed by atoms with Gasteiger partial charge in [-0.25, -0.2) is 4.79 Å². The van der Waals surface area contributed by atoms with Crippen LogP contribution in [0.1, 0.15) is 19.8 Å². The molecule has 0 spiro atoms. The number of carbonyl (C=O) groups excluding carboxylic acids is 1. The third kappa shape index (κ3) is 1.85. The first-order valence-electron chi connectivity index (χ1n) is 5.55. The van der Waals surface area contributed by atoms with Crippen molar-refractivity contribution in [3.8, 4) is 0 Å². The Morgan fingerprint density at radius 1 is 1.29 bits per heavy atom. The van der Waals surface area contributed by atoms with Gasteiger partial charge < -0.3 is 15.1 Å². The Labute approximate surface area is 85.2 Å². The van der Waals surface area contributed by atoms with Gasteiger partial charge in [-0.15, -0.1) is 0 Å². The highest BCUT2D eigenvalue weighted by Gasteiger charge is 2.28. The van der Waals surface area contributed by atoms with Gasteiger partial charge in [-0.1, -0.05) is 0 Å². The summed E-state index contributed by atoms with van der Waals surface area (Å²) in [6.07, 6.45) is 2.35. The maximum Gasteiger partial charge on any atom is 0.320 e. The minimum atomic E-state index is 0.247. The summed E-state index contributed by atoms with van der Waals surface area (Å²) in [5.74, 6) is 0. The lowest BCUT2D eigenvalue weighted by atomic mass is 10.2. The zero-order valence-electron chi connectivity index (χ0n) is 8.83. The molecule has 0 radical (unpaired) electrons. The molecule has 0 bridgehead atoms. The van der Waals surface area contributed by atoms with Crippen molar-refractivity contribution in [2.24, 2.45) is 0 Å². The van der Waals surface area contributed by atoms with Crippen LogP contribution in [-0.2, 0) is 0 Å². The lowest BCUT2D eigenvalue weighted by Gasteiger charge is -2.36. The van der Waals surface area contributed by atoms with E-state index in [-0.39, 0.29) is 6.03 Å². The number of nitrogens with zero attached hydrogens (tertiary/aromatic N) is 2. The number of nitrogens with one attached hydrogen (secondary N) is 1. The van der Waals surface area contributed by atoms with E-state index in [9.17, 15) is 4.79 Å². The molecule has 2 rings (SSSR count). The second-order valence-corrected chi connectivity index (χ2v) is 4.22. The normalized spacial score (nSPS) is 28.2. The molecule has 2 aliphatic rings. The van der Waals surface area contributed by atoms with Crippen LogP contribution in [-0.4, -0.2) is 54.6 Å². The van der Waals surface area contributed by atoms with Gasteiger partial charge in [0.05, 0.1) is 0 Å². The van der Waals surface area contributed by atoms with Crippen molar-refractivity contribution in [2.75, 3.05) is 32.7 Å². The van der Waals surface area contributed by atoms with E-state index in [1.165, 1.54) is 12.8 Å². The van der Waals surface area contributed by atoms with E-state index in [1.54, 1.807) is 0 Å². The van der Waals surface area contributed by atoms with Gasteiger partial charge in [0, 0.05) is 38.8 Å². The van der Waals surface area contributed by atoms with Gasteiger partial charge in [0.2, 0.25) is 0 Å². The molecular formula is C10H19N3O. The standard InChI is InChI=1S/C10H19N3O/c1-9-8-11-4-7-13(9)10(14)12-5-2-3-6-12/h9,11H,2-8H2,1H3. The summed E-state index contributed by atoms with van der Waals surface area (Å²) in [6.45, 7) is 6.74. The van der Waals surface area contributed by atoms with Crippen molar-refractivity contribution < 1.29 is 4.79 Å². The SMILES string of the molecule is CC1CNCCN1C(=O)N1CCCC1. The zero-order valence-corrected chi connectivity index (χ0v) is 8.83. The zero-order chi connectivity index (χ0) is 9.97. The van der Waals surface area contributed by atoms with Crippen LogP contribution in [0.4, 0.5) is 4.79 Å². The van der Waals surface area contributed by atoms with E-state index < -0.39 is 0 Å². The third-order valence-corrected chi connectivity index (χ3v) is 3.12. The Kier molecular flexibility index (Phi) is 2.91. The van der Waals surface area contributed by atoms with E-state index >= 15 is 0 Å². The summed E-state index contributed by atoms with van der Waals surface area (Å²) in [7, 11) is 0. The topological polar surface area (TPSA) is 35.6 Å². The molecule has 4 heteroatoms. The fraction of sp³-hybridized carbons (Fsp3) is 0.900. The van der Waals surface area contributed by atoms with E-state index in [4.69, 9.17) is 0 Å². The van der Waals surface area contributed by atoms with Crippen molar-refractivity contribution >= 4 is 6.03 Å². The van der Waals surface area contributed by atoms with Crippen LogP contribution in [0, 0.1) is 0 Å². The quantitative estimate of drug-likeness (QED) is 0.613. The number of hydrogen-bond acceptors (Lipinski definition) is 2. The molecule has 0 aliphatic carbocycles. The molecule has 0 aromatic rings. The van der Waals surface area contributed by atoms with E-state index in [0.29, 0.717) is 6.04 Å². The molecule has 0 aromatic carbocycles. The van der Waals surface area contributed by atoms with Crippen LogP contribution in [0.25, 0.3) is 0 Å². The Bertz CT molecular complexity index is 213. The lowest BCUT2D eigenvalue weighted by molar-refractivity contribution is 0.133. The van der Waals surface area contributed by atoms with Crippen LogP contribution < -0.4 is 5.32 Å². The highest BCUT2D eigenvalue weighted by Crippen LogP contribution is 2.13. The van der Waals surface area contributed by atoms with Gasteiger partial charge >= 0.3 is 6.03 Å². The first-order valence-corrected chi connectivity index (χ1v) is 5.55. The Hall–Kier alpha value is -0.770. The third-order valence-electron chi connectivity index (χ3n) is 3.12. The molecule has 0 saturated carbocycles. The molecule has 0 aromatic heterocycles. The maximum atomic E-state index is 12.0. The van der Waals surface area contributed by atoms with Crippen molar-refractivity contribution in [1.82, 2.24) is 15.1 Å². The average Bonchev–Trinajstić information content (AvgIpc) is 2.70. The first-order chi connectivity index (χ1) is 6.79. The van der Waals surface area contributed by atoms with Crippen molar-refractivity contribution in [3.05, 3.63) is 0 Å². The second-order valence-electron chi connectivity index (χ2n) is 4.22. The molecule has 14 heavy (non-hydrogen) atoms. The summed E-state index contributed by atoms with van der Waals surface area (Å²) in [4.78, 5) is 16.0. The molecule has 2 fully saturated rings. The van der Waals surface area contributed by atoms with Crippen LogP contribution >= 0.6 is 0 Å². The number of piperazine rings is 1. The number of likely N-dealkylation sites (tertiary alicyclic amines) is 1. The van der Waals surface area contributed by atoms with E-state index in [1.807, 2.05) is 9.80 Å². The second kappa shape index (κ2) is 4.17. The van der Waals surface area contributed by atoms with Crippen molar-refractivity contribution in [2.45, 2.75) is 25.8 Å². The van der Waals surface area contributed by atoms with Crippen LogP contribution in [0.15, 0.2) is 0 Å². The van der Waals surface area contributed by atoms with Crippen molar-refractivity contribution in [3.63, 3.8) is 0 Å². The molecule has 1 atom stereocenters. The van der Waals surface area contributed by atoms with Crippen LogP contribution in [0.3, 0.4) is 0 Å². The van der Waals surface area contributed by atoms with Gasteiger partial charge in [0.25, 0.3) is 0 Å². The van der Waals surface area contributed by atoms with Gasteiger partial charge in [-0.2, -0.15) is 0 Å². The summed E-state index contributed by atoms with van der Waals surface area (Å²) in [6, 6.07) is 0.591. The molecule has 2 heterocycles. The number of rotatable bonds is 0. The molecule has 2 amide bonds. The smallest absolute Gasteiger partial charge is 0.320 e. The average molecular weight is 197 g/mol. The monoisotopic (exact) mass is 197 g/mol. The molecule has 2 saturated heterocycles. The molecular weight excluding hydrogens is 178 g/mol. The van der Waals surface area contributed by atoms with Crippen LogP contribution in [0.2, 0.25) is 0 Å². The minimum absolute atomic E-state index is 0.247. The molecule has 4 nitrogen and oxygen atoms in total. The van der Waals surface area contributed by atoms with Gasteiger partial charge in [-0.3, -0.25) is 0 Å². The predicted molar refractivity (Wildman–Crippen MR) is 55.2 cm³/mol.